The molecule has 3 rings (SSSR count). The third kappa shape index (κ3) is 2.77. The lowest BCUT2D eigenvalue weighted by Crippen LogP contribution is -2.39. The molecule has 0 saturated carbocycles. The van der Waals surface area contributed by atoms with Gasteiger partial charge >= 0.3 is 0 Å². The number of hydrogen-bond acceptors (Lipinski definition) is 4. The number of imidazole rings is 1. The van der Waals surface area contributed by atoms with Crippen LogP contribution >= 0.6 is 0 Å². The average Bonchev–Trinajstić information content (AvgIpc) is 3.13. The number of piperidine rings is 1. The summed E-state index contributed by atoms with van der Waals surface area (Å²) < 4.78 is 7.24. The predicted molar refractivity (Wildman–Crippen MR) is 81.7 cm³/mol. The summed E-state index contributed by atoms with van der Waals surface area (Å²) in [4.78, 5) is 19.0. The van der Waals surface area contributed by atoms with E-state index in [4.69, 9.17) is 4.52 Å². The summed E-state index contributed by atoms with van der Waals surface area (Å²) in [5.74, 6) is 1.61. The molecular formula is C16H22N4O2. The first-order valence-electron chi connectivity index (χ1n) is 7.83. The number of likely N-dealkylation sites (tertiary alicyclic amines) is 1. The van der Waals surface area contributed by atoms with Gasteiger partial charge in [0.1, 0.15) is 5.82 Å². The van der Waals surface area contributed by atoms with Gasteiger partial charge in [-0.1, -0.05) is 12.1 Å². The lowest BCUT2D eigenvalue weighted by molar-refractivity contribution is 0.0661. The maximum Gasteiger partial charge on any atom is 0.292 e. The topological polar surface area (TPSA) is 64.2 Å². The van der Waals surface area contributed by atoms with Crippen LogP contribution in [0.3, 0.4) is 0 Å². The molecule has 6 nitrogen and oxygen atoms in total. The van der Waals surface area contributed by atoms with Crippen LogP contribution in [-0.4, -0.2) is 38.6 Å². The molecular weight excluding hydrogens is 280 g/mol. The SMILES string of the molecule is CCc1cc(C(=O)N2CCCC(c3nc(C)cn3C)C2)on1. The van der Waals surface area contributed by atoms with Crippen molar-refractivity contribution in [3.8, 4) is 0 Å². The van der Waals surface area contributed by atoms with Crippen molar-refractivity contribution >= 4 is 5.91 Å². The summed E-state index contributed by atoms with van der Waals surface area (Å²) in [6.45, 7) is 5.44. The highest BCUT2D eigenvalue weighted by Crippen LogP contribution is 2.27. The van der Waals surface area contributed by atoms with Gasteiger partial charge < -0.3 is 14.0 Å². The van der Waals surface area contributed by atoms with Gasteiger partial charge in [0.05, 0.1) is 11.4 Å². The Labute approximate surface area is 130 Å². The normalized spacial score (nSPS) is 18.7. The van der Waals surface area contributed by atoms with Gasteiger partial charge in [0.15, 0.2) is 0 Å². The van der Waals surface area contributed by atoms with Crippen LogP contribution in [0.25, 0.3) is 0 Å². The van der Waals surface area contributed by atoms with E-state index in [1.54, 1.807) is 6.07 Å². The van der Waals surface area contributed by atoms with Gasteiger partial charge in [-0.05, 0) is 26.2 Å². The van der Waals surface area contributed by atoms with Crippen molar-refractivity contribution in [1.29, 1.82) is 0 Å². The van der Waals surface area contributed by atoms with E-state index in [1.807, 2.05) is 32.0 Å². The molecule has 1 aliphatic heterocycles. The molecule has 0 bridgehead atoms. The van der Waals surface area contributed by atoms with Crippen LogP contribution in [0.4, 0.5) is 0 Å². The first kappa shape index (κ1) is 14.8. The van der Waals surface area contributed by atoms with Gasteiger partial charge in [-0.15, -0.1) is 0 Å². The minimum atomic E-state index is -0.0668. The number of aromatic nitrogens is 3. The Morgan fingerprint density at radius 3 is 2.95 bits per heavy atom. The second kappa shape index (κ2) is 5.94. The van der Waals surface area contributed by atoms with Gasteiger partial charge in [0, 0.05) is 38.3 Å². The highest BCUT2D eigenvalue weighted by Gasteiger charge is 2.29. The average molecular weight is 302 g/mol. The third-order valence-corrected chi connectivity index (χ3v) is 4.24. The van der Waals surface area contributed by atoms with Crippen molar-refractivity contribution in [3.63, 3.8) is 0 Å². The summed E-state index contributed by atoms with van der Waals surface area (Å²) in [7, 11) is 2.01. The molecule has 22 heavy (non-hydrogen) atoms. The van der Waals surface area contributed by atoms with Gasteiger partial charge in [0.25, 0.3) is 5.91 Å². The lowest BCUT2D eigenvalue weighted by Gasteiger charge is -2.31. The fourth-order valence-corrected chi connectivity index (χ4v) is 3.12. The lowest BCUT2D eigenvalue weighted by atomic mass is 9.97. The first-order valence-corrected chi connectivity index (χ1v) is 7.83. The van der Waals surface area contributed by atoms with E-state index in [0.29, 0.717) is 12.3 Å². The zero-order chi connectivity index (χ0) is 15.7. The standard InChI is InChI=1S/C16H22N4O2/c1-4-13-8-14(22-18-13)16(21)20-7-5-6-12(10-20)15-17-11(2)9-19(15)3/h8-9,12H,4-7,10H2,1-3H3. The number of carbonyl (C=O) groups excluding carboxylic acids is 1. The molecule has 0 radical (unpaired) electrons. The predicted octanol–water partition coefficient (Wildman–Crippen LogP) is 2.30. The highest BCUT2D eigenvalue weighted by atomic mass is 16.5. The zero-order valence-electron chi connectivity index (χ0n) is 13.4. The number of nitrogens with zero attached hydrogens (tertiary/aromatic N) is 4. The van der Waals surface area contributed by atoms with Crippen LogP contribution in [0.15, 0.2) is 16.8 Å². The molecule has 0 spiro atoms. The van der Waals surface area contributed by atoms with Crippen LogP contribution in [0.2, 0.25) is 0 Å². The van der Waals surface area contributed by atoms with Gasteiger partial charge in [-0.2, -0.15) is 0 Å². The number of carbonyl (C=O) groups is 1. The summed E-state index contributed by atoms with van der Waals surface area (Å²) >= 11 is 0. The molecule has 1 fully saturated rings. The zero-order valence-corrected chi connectivity index (χ0v) is 13.4. The van der Waals surface area contributed by atoms with Crippen molar-refractivity contribution in [2.45, 2.75) is 39.0 Å². The molecule has 1 saturated heterocycles. The van der Waals surface area contributed by atoms with Crippen molar-refractivity contribution < 1.29 is 9.32 Å². The quantitative estimate of drug-likeness (QED) is 0.872. The van der Waals surface area contributed by atoms with E-state index in [2.05, 4.69) is 14.7 Å². The third-order valence-electron chi connectivity index (χ3n) is 4.24. The fourth-order valence-electron chi connectivity index (χ4n) is 3.12. The summed E-state index contributed by atoms with van der Waals surface area (Å²) in [5.41, 5.74) is 1.83. The minimum Gasteiger partial charge on any atom is -0.351 e. The van der Waals surface area contributed by atoms with Crippen LogP contribution in [0.5, 0.6) is 0 Å². The molecule has 1 aliphatic rings. The van der Waals surface area contributed by atoms with E-state index in [-0.39, 0.29) is 11.8 Å². The van der Waals surface area contributed by atoms with Crippen LogP contribution in [0.1, 0.15) is 53.5 Å². The van der Waals surface area contributed by atoms with E-state index >= 15 is 0 Å². The minimum absolute atomic E-state index is 0.0668. The fraction of sp³-hybridized carbons (Fsp3) is 0.562. The Morgan fingerprint density at radius 1 is 1.50 bits per heavy atom. The van der Waals surface area contributed by atoms with E-state index in [9.17, 15) is 4.79 Å². The van der Waals surface area contributed by atoms with Gasteiger partial charge in [-0.3, -0.25) is 4.79 Å². The monoisotopic (exact) mass is 302 g/mol. The molecule has 0 aliphatic carbocycles. The molecule has 2 aromatic rings. The molecule has 1 unspecified atom stereocenters. The Balaban J connectivity index is 1.75. The Bertz CT molecular complexity index is 673. The molecule has 118 valence electrons. The van der Waals surface area contributed by atoms with E-state index < -0.39 is 0 Å². The molecule has 2 aromatic heterocycles. The largest absolute Gasteiger partial charge is 0.351 e. The molecule has 0 aromatic carbocycles. The smallest absolute Gasteiger partial charge is 0.292 e. The Morgan fingerprint density at radius 2 is 2.32 bits per heavy atom. The maximum absolute atomic E-state index is 12.6. The van der Waals surface area contributed by atoms with Gasteiger partial charge in [0.2, 0.25) is 5.76 Å². The second-order valence-electron chi connectivity index (χ2n) is 5.98. The number of amides is 1. The summed E-state index contributed by atoms with van der Waals surface area (Å²) in [6.07, 6.45) is 4.84. The number of rotatable bonds is 3. The van der Waals surface area contributed by atoms with Crippen molar-refractivity contribution in [2.24, 2.45) is 7.05 Å². The number of aryl methyl sites for hydroxylation is 3. The van der Waals surface area contributed by atoms with E-state index in [1.165, 1.54) is 0 Å². The Hall–Kier alpha value is -2.11. The van der Waals surface area contributed by atoms with Crippen LogP contribution in [-0.2, 0) is 13.5 Å². The molecule has 1 amide bonds. The van der Waals surface area contributed by atoms with Crippen molar-refractivity contribution in [1.82, 2.24) is 19.6 Å². The molecule has 1 atom stereocenters. The van der Waals surface area contributed by atoms with Crippen LogP contribution < -0.4 is 0 Å². The Kier molecular flexibility index (Phi) is 4.00. The van der Waals surface area contributed by atoms with Crippen molar-refractivity contribution in [2.75, 3.05) is 13.1 Å². The summed E-state index contributed by atoms with van der Waals surface area (Å²) in [6, 6.07) is 1.75. The number of hydrogen-bond donors (Lipinski definition) is 0. The van der Waals surface area contributed by atoms with E-state index in [0.717, 1.165) is 43.0 Å². The first-order chi connectivity index (χ1) is 10.6. The molecule has 0 N–H and O–H groups in total. The van der Waals surface area contributed by atoms with Crippen LogP contribution in [0, 0.1) is 6.92 Å². The van der Waals surface area contributed by atoms with Gasteiger partial charge in [-0.25, -0.2) is 4.98 Å². The molecule has 3 heterocycles. The summed E-state index contributed by atoms with van der Waals surface area (Å²) in [5, 5.41) is 3.91. The highest BCUT2D eigenvalue weighted by molar-refractivity contribution is 5.91. The molecule has 6 heteroatoms. The maximum atomic E-state index is 12.6. The van der Waals surface area contributed by atoms with Crippen molar-refractivity contribution in [3.05, 3.63) is 35.2 Å². The second-order valence-corrected chi connectivity index (χ2v) is 5.98.